The van der Waals surface area contributed by atoms with E-state index in [9.17, 15) is 4.79 Å². The van der Waals surface area contributed by atoms with Gasteiger partial charge in [-0.05, 0) is 55.7 Å². The van der Waals surface area contributed by atoms with Gasteiger partial charge in [-0.3, -0.25) is 14.6 Å². The number of aromatic nitrogens is 1. The van der Waals surface area contributed by atoms with E-state index in [0.29, 0.717) is 18.7 Å². The zero-order chi connectivity index (χ0) is 22.3. The topological polar surface area (TPSA) is 54.9 Å². The third kappa shape index (κ3) is 5.28. The summed E-state index contributed by atoms with van der Waals surface area (Å²) in [6, 6.07) is 13.7. The van der Waals surface area contributed by atoms with Crippen molar-refractivity contribution in [3.05, 3.63) is 53.6 Å². The molecule has 7 heteroatoms. The smallest absolute Gasteiger partial charge is 0.260 e. The lowest BCUT2D eigenvalue weighted by molar-refractivity contribution is 0.0376. The highest BCUT2D eigenvalue weighted by Crippen LogP contribution is 2.32. The summed E-state index contributed by atoms with van der Waals surface area (Å²) in [5, 5.41) is 0.766. The summed E-state index contributed by atoms with van der Waals surface area (Å²) >= 11 is 1.59. The fourth-order valence-corrected chi connectivity index (χ4v) is 5.01. The van der Waals surface area contributed by atoms with Gasteiger partial charge in [0.1, 0.15) is 5.75 Å². The Labute approximate surface area is 193 Å². The van der Waals surface area contributed by atoms with Crippen molar-refractivity contribution in [2.24, 2.45) is 0 Å². The average Bonchev–Trinajstić information content (AvgIpc) is 3.27. The number of rotatable bonds is 9. The summed E-state index contributed by atoms with van der Waals surface area (Å²) < 4.78 is 12.1. The van der Waals surface area contributed by atoms with Crippen molar-refractivity contribution in [3.63, 3.8) is 0 Å². The van der Waals surface area contributed by atoms with E-state index in [-0.39, 0.29) is 5.91 Å². The fraction of sp³-hybridized carbons (Fsp3) is 0.440. The van der Waals surface area contributed by atoms with Gasteiger partial charge in [0.25, 0.3) is 5.91 Å². The molecule has 1 fully saturated rings. The Bertz CT molecular complexity index is 1030. The lowest BCUT2D eigenvalue weighted by atomic mass is 10.1. The van der Waals surface area contributed by atoms with Gasteiger partial charge >= 0.3 is 0 Å². The number of morpholine rings is 1. The van der Waals surface area contributed by atoms with Gasteiger partial charge in [-0.15, -0.1) is 0 Å². The molecule has 6 nitrogen and oxygen atoms in total. The molecule has 0 unspecified atom stereocenters. The first-order valence-electron chi connectivity index (χ1n) is 11.4. The quantitative estimate of drug-likeness (QED) is 0.473. The second-order valence-corrected chi connectivity index (χ2v) is 8.84. The molecule has 0 saturated carbocycles. The Balaban J connectivity index is 1.57. The molecule has 3 aromatic rings. The molecule has 1 aromatic heterocycles. The third-order valence-corrected chi connectivity index (χ3v) is 6.76. The highest BCUT2D eigenvalue weighted by atomic mass is 32.1. The number of ether oxygens (including phenoxy) is 2. The second-order valence-electron chi connectivity index (χ2n) is 7.84. The van der Waals surface area contributed by atoms with Crippen LogP contribution in [0.15, 0.2) is 42.5 Å². The van der Waals surface area contributed by atoms with E-state index in [4.69, 9.17) is 14.5 Å². The highest BCUT2D eigenvalue weighted by molar-refractivity contribution is 7.22. The number of nitrogens with zero attached hydrogens (tertiary/aromatic N) is 3. The Hall–Kier alpha value is -2.48. The van der Waals surface area contributed by atoms with Crippen molar-refractivity contribution in [1.82, 2.24) is 9.88 Å². The zero-order valence-corrected chi connectivity index (χ0v) is 19.7. The fourth-order valence-electron chi connectivity index (χ4n) is 3.97. The predicted octanol–water partition coefficient (Wildman–Crippen LogP) is 4.63. The maximum Gasteiger partial charge on any atom is 0.260 e. The maximum absolute atomic E-state index is 13.5. The Morgan fingerprint density at radius 1 is 1.16 bits per heavy atom. The number of hydrogen-bond acceptors (Lipinski definition) is 6. The number of aryl methyl sites for hydroxylation is 1. The summed E-state index contributed by atoms with van der Waals surface area (Å²) in [5.74, 6) is 0.752. The van der Waals surface area contributed by atoms with Crippen molar-refractivity contribution in [2.75, 3.05) is 50.9 Å². The molecule has 0 spiro atoms. The van der Waals surface area contributed by atoms with Gasteiger partial charge in [0.15, 0.2) is 5.13 Å². The van der Waals surface area contributed by atoms with E-state index in [0.717, 1.165) is 66.8 Å². The van der Waals surface area contributed by atoms with Crippen LogP contribution in [0, 0.1) is 0 Å². The monoisotopic (exact) mass is 453 g/mol. The first-order valence-corrected chi connectivity index (χ1v) is 12.2. The van der Waals surface area contributed by atoms with Gasteiger partial charge in [-0.1, -0.05) is 30.4 Å². The number of benzene rings is 2. The number of para-hydroxylation sites is 1. The van der Waals surface area contributed by atoms with Crippen molar-refractivity contribution < 1.29 is 14.3 Å². The van der Waals surface area contributed by atoms with Gasteiger partial charge in [0.2, 0.25) is 0 Å². The van der Waals surface area contributed by atoms with Crippen LogP contribution < -0.4 is 9.64 Å². The molecule has 0 N–H and O–H groups in total. The van der Waals surface area contributed by atoms with Crippen LogP contribution in [0.25, 0.3) is 10.2 Å². The Morgan fingerprint density at radius 3 is 2.66 bits per heavy atom. The lowest BCUT2D eigenvalue weighted by Crippen LogP contribution is -2.39. The number of anilines is 1. The summed E-state index contributed by atoms with van der Waals surface area (Å²) in [7, 11) is 0. The van der Waals surface area contributed by atoms with Crippen LogP contribution in [0.1, 0.15) is 36.2 Å². The molecule has 2 heterocycles. The molecule has 1 aliphatic rings. The molecule has 1 amide bonds. The second kappa shape index (κ2) is 10.9. The van der Waals surface area contributed by atoms with Crippen molar-refractivity contribution in [3.8, 4) is 5.75 Å². The number of fused-ring (bicyclic) bond motifs is 1. The van der Waals surface area contributed by atoms with Crippen molar-refractivity contribution in [2.45, 2.75) is 26.7 Å². The standard InChI is InChI=1S/C25H31N3O3S/c1-3-19-7-5-8-22-23(19)26-25(32-22)28(14-6-13-27-15-17-30-18-16-27)24(29)20-9-11-21(12-10-20)31-4-2/h5,7-12H,3-4,6,13-18H2,1-2H3. The van der Waals surface area contributed by atoms with E-state index in [1.807, 2.05) is 36.1 Å². The van der Waals surface area contributed by atoms with Crippen LogP contribution in [0.2, 0.25) is 0 Å². The SMILES string of the molecule is CCOc1ccc(C(=O)N(CCCN2CCOCC2)c2nc3c(CC)cccc3s2)cc1. The lowest BCUT2D eigenvalue weighted by Gasteiger charge is -2.27. The zero-order valence-electron chi connectivity index (χ0n) is 18.9. The van der Waals surface area contributed by atoms with Gasteiger partial charge in [-0.25, -0.2) is 4.98 Å². The average molecular weight is 454 g/mol. The first-order chi connectivity index (χ1) is 15.7. The van der Waals surface area contributed by atoms with Crippen molar-refractivity contribution in [1.29, 1.82) is 0 Å². The van der Waals surface area contributed by atoms with E-state index < -0.39 is 0 Å². The van der Waals surface area contributed by atoms with E-state index in [2.05, 4.69) is 30.0 Å². The van der Waals surface area contributed by atoms with Crippen LogP contribution in [0.3, 0.4) is 0 Å². The number of amides is 1. The van der Waals surface area contributed by atoms with E-state index in [1.165, 1.54) is 5.56 Å². The molecule has 0 bridgehead atoms. The molecule has 1 aliphatic heterocycles. The molecule has 32 heavy (non-hydrogen) atoms. The number of carbonyl (C=O) groups is 1. The van der Waals surface area contributed by atoms with Gasteiger partial charge in [-0.2, -0.15) is 0 Å². The molecule has 0 radical (unpaired) electrons. The number of hydrogen-bond donors (Lipinski definition) is 0. The van der Waals surface area contributed by atoms with Crippen LogP contribution in [0.5, 0.6) is 5.75 Å². The van der Waals surface area contributed by atoms with Crippen LogP contribution in [0.4, 0.5) is 5.13 Å². The molecule has 170 valence electrons. The van der Waals surface area contributed by atoms with Crippen LogP contribution in [-0.4, -0.2) is 61.8 Å². The van der Waals surface area contributed by atoms with Crippen molar-refractivity contribution >= 4 is 32.6 Å². The molecule has 4 rings (SSSR count). The molecular formula is C25H31N3O3S. The molecule has 0 atom stereocenters. The minimum absolute atomic E-state index is 0.0212. The van der Waals surface area contributed by atoms with Gasteiger partial charge < -0.3 is 9.47 Å². The first kappa shape index (κ1) is 22.7. The van der Waals surface area contributed by atoms with E-state index >= 15 is 0 Å². The molecular weight excluding hydrogens is 422 g/mol. The predicted molar refractivity (Wildman–Crippen MR) is 130 cm³/mol. The highest BCUT2D eigenvalue weighted by Gasteiger charge is 2.22. The Kier molecular flexibility index (Phi) is 7.73. The van der Waals surface area contributed by atoms with Crippen LogP contribution in [-0.2, 0) is 11.2 Å². The summed E-state index contributed by atoms with van der Waals surface area (Å²) in [6.45, 7) is 9.74. The minimum Gasteiger partial charge on any atom is -0.494 e. The summed E-state index contributed by atoms with van der Waals surface area (Å²) in [5.41, 5.74) is 2.87. The molecule has 2 aromatic carbocycles. The summed E-state index contributed by atoms with van der Waals surface area (Å²) in [4.78, 5) is 22.7. The molecule has 0 aliphatic carbocycles. The van der Waals surface area contributed by atoms with Gasteiger partial charge in [0, 0.05) is 31.7 Å². The number of carbonyl (C=O) groups excluding carboxylic acids is 1. The normalized spacial score (nSPS) is 14.6. The van der Waals surface area contributed by atoms with Crippen LogP contribution >= 0.6 is 11.3 Å². The minimum atomic E-state index is -0.0212. The largest absolute Gasteiger partial charge is 0.494 e. The summed E-state index contributed by atoms with van der Waals surface area (Å²) in [6.07, 6.45) is 1.81. The third-order valence-electron chi connectivity index (χ3n) is 5.72. The number of thiazole rings is 1. The van der Waals surface area contributed by atoms with E-state index in [1.54, 1.807) is 11.3 Å². The van der Waals surface area contributed by atoms with Gasteiger partial charge in [0.05, 0.1) is 30.0 Å². The molecule has 1 saturated heterocycles. The maximum atomic E-state index is 13.5. The Morgan fingerprint density at radius 2 is 1.94 bits per heavy atom.